The van der Waals surface area contributed by atoms with Gasteiger partial charge in [-0.1, -0.05) is 0 Å². The molecule has 15 heavy (non-hydrogen) atoms. The van der Waals surface area contributed by atoms with Gasteiger partial charge in [0.15, 0.2) is 11.5 Å². The Morgan fingerprint density at radius 1 is 1.33 bits per heavy atom. The van der Waals surface area contributed by atoms with E-state index in [1.54, 1.807) is 6.07 Å². The first-order chi connectivity index (χ1) is 7.13. The van der Waals surface area contributed by atoms with E-state index in [1.165, 1.54) is 26.4 Å². The van der Waals surface area contributed by atoms with Crippen LogP contribution in [0.4, 0.5) is 0 Å². The predicted molar refractivity (Wildman–Crippen MR) is 51.2 cm³/mol. The largest absolute Gasteiger partial charge is 0.493 e. The zero-order valence-corrected chi connectivity index (χ0v) is 8.27. The van der Waals surface area contributed by atoms with Gasteiger partial charge in [-0.05, 0) is 6.07 Å². The molecule has 0 spiro atoms. The number of carbonyl (C=O) groups is 1. The molecular formula is C10H9NO4. The zero-order chi connectivity index (χ0) is 11.4. The van der Waals surface area contributed by atoms with Crippen LogP contribution >= 0.6 is 0 Å². The lowest BCUT2D eigenvalue weighted by Gasteiger charge is -2.08. The number of hydrogen-bond donors (Lipinski definition) is 1. The Kier molecular flexibility index (Phi) is 3.13. The van der Waals surface area contributed by atoms with Gasteiger partial charge in [-0.3, -0.25) is 0 Å². The monoisotopic (exact) mass is 207 g/mol. The van der Waals surface area contributed by atoms with Crippen LogP contribution in [-0.4, -0.2) is 25.3 Å². The van der Waals surface area contributed by atoms with Gasteiger partial charge in [0.1, 0.15) is 6.07 Å². The number of methoxy groups -OCH3 is 2. The van der Waals surface area contributed by atoms with Crippen molar-refractivity contribution in [3.63, 3.8) is 0 Å². The number of hydrogen-bond acceptors (Lipinski definition) is 4. The van der Waals surface area contributed by atoms with Crippen LogP contribution in [0, 0.1) is 11.3 Å². The van der Waals surface area contributed by atoms with E-state index in [-0.39, 0.29) is 16.9 Å². The molecular weight excluding hydrogens is 198 g/mol. The van der Waals surface area contributed by atoms with E-state index in [1.807, 2.05) is 0 Å². The van der Waals surface area contributed by atoms with E-state index in [0.717, 1.165) is 0 Å². The number of benzene rings is 1. The van der Waals surface area contributed by atoms with Crippen LogP contribution in [0.1, 0.15) is 15.9 Å². The van der Waals surface area contributed by atoms with Crippen molar-refractivity contribution in [2.24, 2.45) is 0 Å². The number of carboxylic acid groups (broad SMARTS) is 1. The van der Waals surface area contributed by atoms with Crippen LogP contribution in [-0.2, 0) is 0 Å². The fourth-order valence-electron chi connectivity index (χ4n) is 1.15. The summed E-state index contributed by atoms with van der Waals surface area (Å²) >= 11 is 0. The molecule has 0 saturated carbocycles. The molecule has 0 saturated heterocycles. The van der Waals surface area contributed by atoms with Gasteiger partial charge in [-0.2, -0.15) is 5.26 Å². The maximum absolute atomic E-state index is 10.8. The first-order valence-electron chi connectivity index (χ1n) is 4.03. The summed E-state index contributed by atoms with van der Waals surface area (Å²) in [6.07, 6.45) is 0. The number of nitriles is 1. The van der Waals surface area contributed by atoms with Crippen LogP contribution in [0.2, 0.25) is 0 Å². The molecule has 0 unspecified atom stereocenters. The molecule has 78 valence electrons. The molecule has 5 heteroatoms. The number of nitrogens with zero attached hydrogens (tertiary/aromatic N) is 1. The Bertz CT molecular complexity index is 434. The summed E-state index contributed by atoms with van der Waals surface area (Å²) in [5.74, 6) is -0.555. The maximum Gasteiger partial charge on any atom is 0.337 e. The van der Waals surface area contributed by atoms with Gasteiger partial charge in [-0.15, -0.1) is 0 Å². The molecule has 1 aromatic rings. The number of carboxylic acids is 1. The SMILES string of the molecule is COc1cc(C#N)c(C(=O)O)cc1OC. The number of aromatic carboxylic acids is 1. The third kappa shape index (κ3) is 1.99. The minimum atomic E-state index is -1.17. The quantitative estimate of drug-likeness (QED) is 0.807. The van der Waals surface area contributed by atoms with Gasteiger partial charge in [-0.25, -0.2) is 4.79 Å². The lowest BCUT2D eigenvalue weighted by molar-refractivity contribution is 0.0696. The number of rotatable bonds is 3. The summed E-state index contributed by atoms with van der Waals surface area (Å²) < 4.78 is 9.87. The van der Waals surface area contributed by atoms with Crippen molar-refractivity contribution in [3.05, 3.63) is 23.3 Å². The molecule has 0 aliphatic rings. The molecule has 1 N–H and O–H groups in total. The Balaban J connectivity index is 3.42. The van der Waals surface area contributed by atoms with E-state index in [4.69, 9.17) is 19.8 Å². The molecule has 5 nitrogen and oxygen atoms in total. The fraction of sp³-hybridized carbons (Fsp3) is 0.200. The molecule has 0 aromatic heterocycles. The van der Waals surface area contributed by atoms with E-state index in [9.17, 15) is 4.79 Å². The van der Waals surface area contributed by atoms with Crippen molar-refractivity contribution >= 4 is 5.97 Å². The van der Waals surface area contributed by atoms with Crippen LogP contribution in [0.3, 0.4) is 0 Å². The summed E-state index contributed by atoms with van der Waals surface area (Å²) in [5.41, 5.74) is -0.0599. The first kappa shape index (κ1) is 10.9. The summed E-state index contributed by atoms with van der Waals surface area (Å²) in [4.78, 5) is 10.8. The Morgan fingerprint density at radius 2 is 1.87 bits per heavy atom. The van der Waals surface area contributed by atoms with Gasteiger partial charge in [0.2, 0.25) is 0 Å². The highest BCUT2D eigenvalue weighted by molar-refractivity contribution is 5.91. The Labute approximate surface area is 86.5 Å². The average molecular weight is 207 g/mol. The second-order valence-corrected chi connectivity index (χ2v) is 2.67. The fourth-order valence-corrected chi connectivity index (χ4v) is 1.15. The summed E-state index contributed by atoms with van der Waals surface area (Å²) in [6, 6.07) is 4.39. The van der Waals surface area contributed by atoms with E-state index >= 15 is 0 Å². The third-order valence-electron chi connectivity index (χ3n) is 1.87. The highest BCUT2D eigenvalue weighted by Crippen LogP contribution is 2.30. The van der Waals surface area contributed by atoms with Gasteiger partial charge in [0.25, 0.3) is 0 Å². The molecule has 0 atom stereocenters. The van der Waals surface area contributed by atoms with Gasteiger partial charge >= 0.3 is 5.97 Å². The molecule has 0 bridgehead atoms. The van der Waals surface area contributed by atoms with Crippen LogP contribution in [0.15, 0.2) is 12.1 Å². The highest BCUT2D eigenvalue weighted by Gasteiger charge is 2.15. The molecule has 0 aliphatic heterocycles. The van der Waals surface area contributed by atoms with Crippen LogP contribution in [0.5, 0.6) is 11.5 Å². The third-order valence-corrected chi connectivity index (χ3v) is 1.87. The molecule has 1 rings (SSSR count). The molecule has 0 fully saturated rings. The van der Waals surface area contributed by atoms with Crippen molar-refractivity contribution in [2.75, 3.05) is 14.2 Å². The second kappa shape index (κ2) is 4.33. The van der Waals surface area contributed by atoms with Gasteiger partial charge in [0.05, 0.1) is 25.3 Å². The van der Waals surface area contributed by atoms with Crippen molar-refractivity contribution in [1.82, 2.24) is 0 Å². The van der Waals surface area contributed by atoms with Crippen molar-refractivity contribution in [1.29, 1.82) is 5.26 Å². The van der Waals surface area contributed by atoms with Crippen LogP contribution < -0.4 is 9.47 Å². The average Bonchev–Trinajstić information content (AvgIpc) is 2.26. The topological polar surface area (TPSA) is 79.5 Å². The first-order valence-corrected chi connectivity index (χ1v) is 4.03. The minimum absolute atomic E-state index is 0.0418. The van der Waals surface area contributed by atoms with E-state index < -0.39 is 5.97 Å². The number of ether oxygens (including phenoxy) is 2. The summed E-state index contributed by atoms with van der Waals surface area (Å²) in [6.45, 7) is 0. The van der Waals surface area contributed by atoms with Gasteiger partial charge in [0, 0.05) is 6.07 Å². The van der Waals surface area contributed by atoms with Gasteiger partial charge < -0.3 is 14.6 Å². The van der Waals surface area contributed by atoms with Crippen molar-refractivity contribution in [3.8, 4) is 17.6 Å². The standard InChI is InChI=1S/C10H9NO4/c1-14-8-3-6(5-11)7(10(12)13)4-9(8)15-2/h3-4H,1-2H3,(H,12,13). The maximum atomic E-state index is 10.8. The molecule has 0 heterocycles. The zero-order valence-electron chi connectivity index (χ0n) is 8.27. The van der Waals surface area contributed by atoms with Crippen molar-refractivity contribution < 1.29 is 19.4 Å². The lowest BCUT2D eigenvalue weighted by Crippen LogP contribution is -2.02. The molecule has 0 aliphatic carbocycles. The smallest absolute Gasteiger partial charge is 0.337 e. The summed E-state index contributed by atoms with van der Waals surface area (Å²) in [5, 5.41) is 17.6. The van der Waals surface area contributed by atoms with E-state index in [2.05, 4.69) is 0 Å². The lowest BCUT2D eigenvalue weighted by atomic mass is 10.1. The second-order valence-electron chi connectivity index (χ2n) is 2.67. The molecule has 1 aromatic carbocycles. The normalized spacial score (nSPS) is 9.13. The Morgan fingerprint density at radius 3 is 2.27 bits per heavy atom. The van der Waals surface area contributed by atoms with Crippen molar-refractivity contribution in [2.45, 2.75) is 0 Å². The molecule has 0 amide bonds. The predicted octanol–water partition coefficient (Wildman–Crippen LogP) is 1.27. The Hall–Kier alpha value is -2.22. The van der Waals surface area contributed by atoms with E-state index in [0.29, 0.717) is 5.75 Å². The summed E-state index contributed by atoms with van der Waals surface area (Å²) in [7, 11) is 2.81. The van der Waals surface area contributed by atoms with Crippen LogP contribution in [0.25, 0.3) is 0 Å². The molecule has 0 radical (unpaired) electrons. The highest BCUT2D eigenvalue weighted by atomic mass is 16.5. The minimum Gasteiger partial charge on any atom is -0.493 e.